The first kappa shape index (κ1) is 15.4. The molecule has 0 atom stereocenters. The number of pyridine rings is 1. The van der Waals surface area contributed by atoms with Crippen LogP contribution in [0, 0.1) is 0 Å². The summed E-state index contributed by atoms with van der Waals surface area (Å²) in [6.45, 7) is 3.68. The van der Waals surface area contributed by atoms with Gasteiger partial charge in [0.05, 0.1) is 5.52 Å². The summed E-state index contributed by atoms with van der Waals surface area (Å²) >= 11 is 0. The Morgan fingerprint density at radius 3 is 2.24 bits per heavy atom. The summed E-state index contributed by atoms with van der Waals surface area (Å²) < 4.78 is 0. The van der Waals surface area contributed by atoms with Gasteiger partial charge < -0.3 is 15.5 Å². The predicted molar refractivity (Wildman–Crippen MR) is 101 cm³/mol. The Hall–Kier alpha value is -3.08. The van der Waals surface area contributed by atoms with Gasteiger partial charge in [-0.3, -0.25) is 4.79 Å². The Bertz CT molecular complexity index is 899. The molecular weight excluding hydrogens is 312 g/mol. The minimum Gasteiger partial charge on any atom is -0.368 e. The summed E-state index contributed by atoms with van der Waals surface area (Å²) in [7, 11) is 0. The van der Waals surface area contributed by atoms with E-state index < -0.39 is 5.91 Å². The normalized spacial score (nSPS) is 14.7. The van der Waals surface area contributed by atoms with Crippen LogP contribution in [0.2, 0.25) is 0 Å². The maximum atomic E-state index is 11.2. The van der Waals surface area contributed by atoms with E-state index >= 15 is 0 Å². The monoisotopic (exact) mass is 332 g/mol. The van der Waals surface area contributed by atoms with Crippen molar-refractivity contribution in [1.82, 2.24) is 4.98 Å². The largest absolute Gasteiger partial charge is 0.368 e. The first-order valence-electron chi connectivity index (χ1n) is 8.46. The lowest BCUT2D eigenvalue weighted by Crippen LogP contribution is -2.46. The molecule has 4 rings (SSSR count). The number of amides is 1. The number of benzene rings is 2. The van der Waals surface area contributed by atoms with Crippen molar-refractivity contribution in [2.24, 2.45) is 5.73 Å². The quantitative estimate of drug-likeness (QED) is 0.801. The van der Waals surface area contributed by atoms with Crippen LogP contribution < -0.4 is 15.5 Å². The number of carbonyl (C=O) groups excluding carboxylic acids is 1. The molecule has 1 fully saturated rings. The van der Waals surface area contributed by atoms with E-state index in [2.05, 4.69) is 34.1 Å². The smallest absolute Gasteiger partial charge is 0.248 e. The molecule has 2 N–H and O–H groups in total. The van der Waals surface area contributed by atoms with Crippen LogP contribution in [-0.4, -0.2) is 37.1 Å². The Kier molecular flexibility index (Phi) is 3.98. The van der Waals surface area contributed by atoms with Gasteiger partial charge >= 0.3 is 0 Å². The lowest BCUT2D eigenvalue weighted by molar-refractivity contribution is 0.100. The van der Waals surface area contributed by atoms with Gasteiger partial charge in [-0.1, -0.05) is 18.2 Å². The van der Waals surface area contributed by atoms with Gasteiger partial charge in [-0.2, -0.15) is 0 Å². The summed E-state index contributed by atoms with van der Waals surface area (Å²) in [6.07, 6.45) is 0. The topological polar surface area (TPSA) is 62.5 Å². The number of anilines is 2. The van der Waals surface area contributed by atoms with Crippen molar-refractivity contribution in [3.8, 4) is 0 Å². The molecule has 25 heavy (non-hydrogen) atoms. The fourth-order valence-corrected chi connectivity index (χ4v) is 3.26. The number of rotatable bonds is 3. The zero-order valence-electron chi connectivity index (χ0n) is 13.9. The molecule has 2 heterocycles. The molecule has 1 aliphatic heterocycles. The van der Waals surface area contributed by atoms with Crippen molar-refractivity contribution >= 4 is 28.3 Å². The van der Waals surface area contributed by atoms with Crippen LogP contribution in [0.25, 0.3) is 10.9 Å². The molecule has 0 saturated carbocycles. The minimum atomic E-state index is -0.390. The number of nitrogens with zero attached hydrogens (tertiary/aromatic N) is 3. The minimum absolute atomic E-state index is 0.390. The second kappa shape index (κ2) is 6.43. The summed E-state index contributed by atoms with van der Waals surface area (Å²) in [6, 6.07) is 19.9. The number of nitrogens with two attached hydrogens (primary N) is 1. The highest BCUT2D eigenvalue weighted by molar-refractivity contribution is 5.93. The van der Waals surface area contributed by atoms with Crippen LogP contribution in [0.3, 0.4) is 0 Å². The van der Waals surface area contributed by atoms with E-state index in [9.17, 15) is 4.79 Å². The van der Waals surface area contributed by atoms with Crippen LogP contribution >= 0.6 is 0 Å². The second-order valence-electron chi connectivity index (χ2n) is 6.25. The maximum absolute atomic E-state index is 11.2. The Morgan fingerprint density at radius 2 is 1.52 bits per heavy atom. The van der Waals surface area contributed by atoms with Gasteiger partial charge in [0.15, 0.2) is 0 Å². The number of fused-ring (bicyclic) bond motifs is 1. The van der Waals surface area contributed by atoms with Crippen LogP contribution in [0.5, 0.6) is 0 Å². The molecule has 0 bridgehead atoms. The van der Waals surface area contributed by atoms with E-state index in [4.69, 9.17) is 10.7 Å². The first-order chi connectivity index (χ1) is 12.2. The highest BCUT2D eigenvalue weighted by Crippen LogP contribution is 2.22. The summed E-state index contributed by atoms with van der Waals surface area (Å²) in [4.78, 5) is 20.6. The molecule has 0 unspecified atom stereocenters. The van der Waals surface area contributed by atoms with Crippen LogP contribution in [-0.2, 0) is 0 Å². The van der Waals surface area contributed by atoms with E-state index in [1.165, 1.54) is 5.39 Å². The molecule has 1 aromatic heterocycles. The second-order valence-corrected chi connectivity index (χ2v) is 6.25. The molecule has 0 spiro atoms. The molecule has 5 heteroatoms. The van der Waals surface area contributed by atoms with E-state index in [1.54, 1.807) is 12.1 Å². The van der Waals surface area contributed by atoms with Crippen molar-refractivity contribution < 1.29 is 4.79 Å². The number of hydrogen-bond acceptors (Lipinski definition) is 4. The van der Waals surface area contributed by atoms with Gasteiger partial charge in [-0.05, 0) is 42.5 Å². The van der Waals surface area contributed by atoms with Crippen molar-refractivity contribution in [1.29, 1.82) is 0 Å². The number of para-hydroxylation sites is 1. The fourth-order valence-electron chi connectivity index (χ4n) is 3.26. The lowest BCUT2D eigenvalue weighted by atomic mass is 10.1. The standard InChI is InChI=1S/C20H20N4O/c21-20(25)16-5-8-17(9-6-16)23-11-13-24(14-12-23)19-10-7-15-3-1-2-4-18(15)22-19/h1-10H,11-14H2,(H2,21,25). The van der Waals surface area contributed by atoms with Crippen LogP contribution in [0.1, 0.15) is 10.4 Å². The van der Waals surface area contributed by atoms with E-state index in [-0.39, 0.29) is 0 Å². The van der Waals surface area contributed by atoms with Crippen molar-refractivity contribution in [2.75, 3.05) is 36.0 Å². The van der Waals surface area contributed by atoms with Crippen molar-refractivity contribution in [2.45, 2.75) is 0 Å². The maximum Gasteiger partial charge on any atom is 0.248 e. The molecular formula is C20H20N4O. The molecule has 126 valence electrons. The zero-order chi connectivity index (χ0) is 17.2. The lowest BCUT2D eigenvalue weighted by Gasteiger charge is -2.36. The molecule has 0 radical (unpaired) electrons. The highest BCUT2D eigenvalue weighted by Gasteiger charge is 2.18. The first-order valence-corrected chi connectivity index (χ1v) is 8.46. The number of primary amides is 1. The number of aromatic nitrogens is 1. The van der Waals surface area contributed by atoms with E-state index in [1.807, 2.05) is 24.3 Å². The van der Waals surface area contributed by atoms with Gasteiger partial charge in [0, 0.05) is 42.8 Å². The van der Waals surface area contributed by atoms with Gasteiger partial charge in [-0.15, -0.1) is 0 Å². The fraction of sp³-hybridized carbons (Fsp3) is 0.200. The van der Waals surface area contributed by atoms with Crippen molar-refractivity contribution in [3.63, 3.8) is 0 Å². The average Bonchev–Trinajstić information content (AvgIpc) is 2.68. The van der Waals surface area contributed by atoms with Gasteiger partial charge in [0.25, 0.3) is 0 Å². The Morgan fingerprint density at radius 1 is 0.840 bits per heavy atom. The number of piperazine rings is 1. The van der Waals surface area contributed by atoms with Crippen LogP contribution in [0.4, 0.5) is 11.5 Å². The number of hydrogen-bond donors (Lipinski definition) is 1. The summed E-state index contributed by atoms with van der Waals surface area (Å²) in [5.74, 6) is 0.640. The van der Waals surface area contributed by atoms with Crippen LogP contribution in [0.15, 0.2) is 60.7 Å². The molecule has 2 aromatic carbocycles. The Balaban J connectivity index is 1.46. The molecule has 1 aliphatic rings. The van der Waals surface area contributed by atoms with E-state index in [0.717, 1.165) is 43.2 Å². The molecule has 1 amide bonds. The average molecular weight is 332 g/mol. The third-order valence-corrected chi connectivity index (χ3v) is 4.70. The van der Waals surface area contributed by atoms with Crippen molar-refractivity contribution in [3.05, 3.63) is 66.2 Å². The third-order valence-electron chi connectivity index (χ3n) is 4.70. The van der Waals surface area contributed by atoms with Gasteiger partial charge in [-0.25, -0.2) is 4.98 Å². The molecule has 5 nitrogen and oxygen atoms in total. The molecule has 0 aliphatic carbocycles. The van der Waals surface area contributed by atoms with E-state index in [0.29, 0.717) is 5.56 Å². The SMILES string of the molecule is NC(=O)c1ccc(N2CCN(c3ccc4ccccc4n3)CC2)cc1. The summed E-state index contributed by atoms with van der Waals surface area (Å²) in [5, 5.41) is 1.17. The van der Waals surface area contributed by atoms with Gasteiger partial charge in [0.1, 0.15) is 5.82 Å². The molecule has 1 saturated heterocycles. The Labute approximate surface area is 146 Å². The summed E-state index contributed by atoms with van der Waals surface area (Å²) in [5.41, 5.74) is 8.00. The predicted octanol–water partition coefficient (Wildman–Crippen LogP) is 2.66. The number of carbonyl (C=O) groups is 1. The highest BCUT2D eigenvalue weighted by atomic mass is 16.1. The molecule has 3 aromatic rings. The van der Waals surface area contributed by atoms with Gasteiger partial charge in [0.2, 0.25) is 5.91 Å². The third kappa shape index (κ3) is 3.13. The zero-order valence-corrected chi connectivity index (χ0v) is 13.9.